The lowest BCUT2D eigenvalue weighted by molar-refractivity contribution is -0.145. The summed E-state index contributed by atoms with van der Waals surface area (Å²) in [6, 6.07) is 10.8. The monoisotopic (exact) mass is 585 g/mol. The van der Waals surface area contributed by atoms with E-state index < -0.39 is 11.9 Å². The summed E-state index contributed by atoms with van der Waals surface area (Å²) in [5.74, 6) is -0.307. The third kappa shape index (κ3) is 5.34. The average molecular weight is 588 g/mol. The number of nitrogens with zero attached hydrogens (tertiary/aromatic N) is 1. The summed E-state index contributed by atoms with van der Waals surface area (Å²) in [5, 5.41) is 0. The van der Waals surface area contributed by atoms with Gasteiger partial charge in [0.25, 0.3) is 0 Å². The molecule has 0 radical (unpaired) electrons. The number of carbonyl (C=O) groups is 2. The van der Waals surface area contributed by atoms with Gasteiger partial charge in [0.1, 0.15) is 5.75 Å². The second kappa shape index (κ2) is 9.69. The van der Waals surface area contributed by atoms with E-state index in [9.17, 15) is 9.59 Å². The molecule has 2 aromatic rings. The maximum atomic E-state index is 12.2. The molecule has 0 unspecified atom stereocenters. The number of hydrogen-bond acceptors (Lipinski definition) is 6. The van der Waals surface area contributed by atoms with Crippen LogP contribution in [0, 0.1) is 0 Å². The Balaban J connectivity index is 1.84. The van der Waals surface area contributed by atoms with Crippen LogP contribution in [0.5, 0.6) is 5.75 Å². The number of esters is 2. The van der Waals surface area contributed by atoms with Crippen molar-refractivity contribution in [3.8, 4) is 5.75 Å². The maximum absolute atomic E-state index is 12.2. The molecule has 0 aliphatic carbocycles. The number of benzene rings is 2. The number of aliphatic imine (C=N–C) groups is 1. The minimum absolute atomic E-state index is 0.176. The van der Waals surface area contributed by atoms with Gasteiger partial charge in [-0.25, -0.2) is 14.6 Å². The number of ether oxygens (including phenoxy) is 3. The van der Waals surface area contributed by atoms with Gasteiger partial charge in [-0.15, -0.1) is 0 Å². The van der Waals surface area contributed by atoms with Gasteiger partial charge in [0, 0.05) is 4.47 Å². The zero-order valence-electron chi connectivity index (χ0n) is 15.1. The molecule has 0 saturated heterocycles. The highest BCUT2D eigenvalue weighted by molar-refractivity contribution is 9.11. The molecule has 0 bridgehead atoms. The van der Waals surface area contributed by atoms with Gasteiger partial charge in [-0.2, -0.15) is 0 Å². The van der Waals surface area contributed by atoms with E-state index in [1.165, 1.54) is 0 Å². The predicted molar refractivity (Wildman–Crippen MR) is 119 cm³/mol. The van der Waals surface area contributed by atoms with Gasteiger partial charge < -0.3 is 14.2 Å². The van der Waals surface area contributed by atoms with Crippen molar-refractivity contribution in [2.75, 3.05) is 13.2 Å². The summed E-state index contributed by atoms with van der Waals surface area (Å²) < 4.78 is 17.6. The van der Waals surface area contributed by atoms with Crippen LogP contribution in [-0.2, 0) is 19.1 Å². The highest BCUT2D eigenvalue weighted by atomic mass is 79.9. The summed E-state index contributed by atoms with van der Waals surface area (Å²) in [5.41, 5.74) is 1.56. The van der Waals surface area contributed by atoms with Crippen molar-refractivity contribution in [1.82, 2.24) is 0 Å². The van der Waals surface area contributed by atoms with E-state index in [4.69, 9.17) is 14.2 Å². The van der Waals surface area contributed by atoms with Crippen molar-refractivity contribution in [2.24, 2.45) is 4.99 Å². The molecule has 150 valence electrons. The van der Waals surface area contributed by atoms with Crippen LogP contribution in [0.3, 0.4) is 0 Å². The molecular weight excluding hydrogens is 574 g/mol. The highest BCUT2D eigenvalue weighted by Gasteiger charge is 2.25. The van der Waals surface area contributed by atoms with Crippen LogP contribution >= 0.6 is 47.8 Å². The molecule has 3 rings (SSSR count). The molecular formula is C20H14Br3NO5. The molecule has 0 amide bonds. The largest absolute Gasteiger partial charge is 0.480 e. The van der Waals surface area contributed by atoms with Crippen molar-refractivity contribution in [1.29, 1.82) is 0 Å². The average Bonchev–Trinajstić information content (AvgIpc) is 3.02. The fraction of sp³-hybridized carbons (Fsp3) is 0.150. The number of carbonyl (C=O) groups excluding carboxylic acids is 2. The number of halogens is 3. The molecule has 0 fully saturated rings. The van der Waals surface area contributed by atoms with Crippen LogP contribution in [0.15, 0.2) is 60.5 Å². The molecule has 29 heavy (non-hydrogen) atoms. The number of cyclic esters (lactones) is 1. The van der Waals surface area contributed by atoms with Crippen LogP contribution in [0.4, 0.5) is 0 Å². The van der Waals surface area contributed by atoms with Crippen molar-refractivity contribution in [2.45, 2.75) is 6.92 Å². The Morgan fingerprint density at radius 2 is 1.83 bits per heavy atom. The smallest absolute Gasteiger partial charge is 0.363 e. The number of rotatable bonds is 6. The van der Waals surface area contributed by atoms with Crippen molar-refractivity contribution in [3.05, 3.63) is 66.6 Å². The van der Waals surface area contributed by atoms with Gasteiger partial charge >= 0.3 is 11.9 Å². The normalized spacial score (nSPS) is 14.6. The Labute approximate surface area is 192 Å². The SMILES string of the molecule is CCOC(=O)COc1c(Br)cc(/C=C2\N=C(c3ccccc3Br)OC2=O)cc1Br. The molecule has 0 atom stereocenters. The third-order valence-corrected chi connectivity index (χ3v) is 5.56. The van der Waals surface area contributed by atoms with Gasteiger partial charge in [-0.3, -0.25) is 0 Å². The maximum Gasteiger partial charge on any atom is 0.363 e. The first kappa shape index (κ1) is 21.7. The first-order chi connectivity index (χ1) is 13.9. The summed E-state index contributed by atoms with van der Waals surface area (Å²) in [7, 11) is 0. The Morgan fingerprint density at radius 1 is 1.14 bits per heavy atom. The van der Waals surface area contributed by atoms with Crippen molar-refractivity contribution in [3.63, 3.8) is 0 Å². The van der Waals surface area contributed by atoms with E-state index in [0.717, 1.165) is 4.47 Å². The van der Waals surface area contributed by atoms with Gasteiger partial charge in [0.05, 0.1) is 21.1 Å². The summed E-state index contributed by atoms with van der Waals surface area (Å²) >= 11 is 10.3. The lowest BCUT2D eigenvalue weighted by Gasteiger charge is -2.10. The van der Waals surface area contributed by atoms with Gasteiger partial charge in [0.15, 0.2) is 12.3 Å². The molecule has 1 heterocycles. The first-order valence-electron chi connectivity index (χ1n) is 8.44. The van der Waals surface area contributed by atoms with E-state index in [0.29, 0.717) is 25.8 Å². The quantitative estimate of drug-likeness (QED) is 0.340. The zero-order valence-corrected chi connectivity index (χ0v) is 19.8. The molecule has 9 heteroatoms. The molecule has 1 aliphatic rings. The van der Waals surface area contributed by atoms with Crippen molar-refractivity contribution < 1.29 is 23.8 Å². The lowest BCUT2D eigenvalue weighted by Crippen LogP contribution is -2.15. The van der Waals surface area contributed by atoms with E-state index in [1.807, 2.05) is 24.3 Å². The topological polar surface area (TPSA) is 74.2 Å². The minimum Gasteiger partial charge on any atom is -0.480 e. The molecule has 0 spiro atoms. The van der Waals surface area contributed by atoms with Crippen LogP contribution in [0.2, 0.25) is 0 Å². The molecule has 1 aliphatic heterocycles. The van der Waals surface area contributed by atoms with E-state index >= 15 is 0 Å². The number of hydrogen-bond donors (Lipinski definition) is 0. The van der Waals surface area contributed by atoms with Crippen LogP contribution in [0.1, 0.15) is 18.1 Å². The first-order valence-corrected chi connectivity index (χ1v) is 10.8. The van der Waals surface area contributed by atoms with Crippen LogP contribution < -0.4 is 4.74 Å². The summed E-state index contributed by atoms with van der Waals surface area (Å²) in [6.45, 7) is 1.80. The predicted octanol–water partition coefficient (Wildman–Crippen LogP) is 5.26. The van der Waals surface area contributed by atoms with Gasteiger partial charge in [0.2, 0.25) is 5.90 Å². The fourth-order valence-corrected chi connectivity index (χ4v) is 4.36. The van der Waals surface area contributed by atoms with Crippen LogP contribution in [-0.4, -0.2) is 31.1 Å². The summed E-state index contributed by atoms with van der Waals surface area (Å²) in [6.07, 6.45) is 1.61. The minimum atomic E-state index is -0.536. The third-order valence-electron chi connectivity index (χ3n) is 3.69. The standard InChI is InChI=1S/C20H14Br3NO5/c1-2-27-17(25)10-28-18-14(22)7-11(8-15(18)23)9-16-20(26)29-19(24-16)12-5-3-4-6-13(12)21/h3-9H,2,10H2,1H3/b16-9-. The highest BCUT2D eigenvalue weighted by Crippen LogP contribution is 2.36. The van der Waals surface area contributed by atoms with Crippen LogP contribution in [0.25, 0.3) is 6.08 Å². The van der Waals surface area contributed by atoms with E-state index in [1.54, 1.807) is 25.1 Å². The van der Waals surface area contributed by atoms with Crippen molar-refractivity contribution >= 4 is 71.7 Å². The zero-order chi connectivity index (χ0) is 21.0. The fourth-order valence-electron chi connectivity index (χ4n) is 2.45. The second-order valence-corrected chi connectivity index (χ2v) is 8.29. The molecule has 6 nitrogen and oxygen atoms in total. The Morgan fingerprint density at radius 3 is 2.48 bits per heavy atom. The molecule has 0 N–H and O–H groups in total. The Hall–Kier alpha value is -1.97. The molecule has 0 aromatic heterocycles. The second-order valence-electron chi connectivity index (χ2n) is 5.72. The van der Waals surface area contributed by atoms with E-state index in [-0.39, 0.29) is 24.8 Å². The summed E-state index contributed by atoms with van der Waals surface area (Å²) in [4.78, 5) is 28.0. The lowest BCUT2D eigenvalue weighted by atomic mass is 10.2. The Bertz CT molecular complexity index is 1010. The molecule has 0 saturated carbocycles. The van der Waals surface area contributed by atoms with Gasteiger partial charge in [-0.1, -0.05) is 12.1 Å². The van der Waals surface area contributed by atoms with Gasteiger partial charge in [-0.05, 0) is 90.6 Å². The Kier molecular flexibility index (Phi) is 7.26. The van der Waals surface area contributed by atoms with E-state index in [2.05, 4.69) is 52.8 Å². The molecule has 2 aromatic carbocycles.